The molecule has 0 aromatic heterocycles. The third kappa shape index (κ3) is 3.61. The Kier molecular flexibility index (Phi) is 4.50. The fraction of sp³-hybridized carbons (Fsp3) is 0.500. The van der Waals surface area contributed by atoms with Gasteiger partial charge in [0.2, 0.25) is 10.0 Å². The van der Waals surface area contributed by atoms with Gasteiger partial charge in [0, 0.05) is 13.6 Å². The van der Waals surface area contributed by atoms with Crippen molar-refractivity contribution in [3.63, 3.8) is 0 Å². The standard InChI is InChI=1S/C12H19NO2S/c1-4-9-16(14,15)13(3)10-12-7-5-11(2)6-8-12/h5-8H,4,9-10H2,1-3H3. The van der Waals surface area contributed by atoms with E-state index in [4.69, 9.17) is 0 Å². The smallest absolute Gasteiger partial charge is 0.212 e. The fourth-order valence-electron chi connectivity index (χ4n) is 1.46. The van der Waals surface area contributed by atoms with Crippen LogP contribution in [0.5, 0.6) is 0 Å². The maximum Gasteiger partial charge on any atom is 0.214 e. The van der Waals surface area contributed by atoms with E-state index < -0.39 is 10.0 Å². The van der Waals surface area contributed by atoms with Crippen LogP contribution in [0.1, 0.15) is 24.5 Å². The molecule has 1 rings (SSSR count). The van der Waals surface area contributed by atoms with Crippen LogP contribution in [0.4, 0.5) is 0 Å². The van der Waals surface area contributed by atoms with E-state index in [9.17, 15) is 8.42 Å². The number of rotatable bonds is 5. The van der Waals surface area contributed by atoms with E-state index in [1.807, 2.05) is 38.1 Å². The first-order valence-corrected chi connectivity index (χ1v) is 7.06. The zero-order valence-corrected chi connectivity index (χ0v) is 10.9. The van der Waals surface area contributed by atoms with E-state index >= 15 is 0 Å². The minimum atomic E-state index is -3.09. The lowest BCUT2D eigenvalue weighted by Crippen LogP contribution is -2.28. The molecule has 0 bridgehead atoms. The van der Waals surface area contributed by atoms with Crippen molar-refractivity contribution >= 4 is 10.0 Å². The molecule has 0 aliphatic rings. The molecule has 0 heterocycles. The van der Waals surface area contributed by atoms with Gasteiger partial charge in [-0.3, -0.25) is 0 Å². The second-order valence-electron chi connectivity index (χ2n) is 4.06. The molecule has 1 aromatic carbocycles. The van der Waals surface area contributed by atoms with Gasteiger partial charge in [-0.05, 0) is 18.9 Å². The Morgan fingerprint density at radius 2 is 1.75 bits per heavy atom. The monoisotopic (exact) mass is 241 g/mol. The molecule has 0 aliphatic carbocycles. The lowest BCUT2D eigenvalue weighted by Gasteiger charge is -2.16. The maximum absolute atomic E-state index is 11.7. The number of aryl methyl sites for hydroxylation is 1. The molecule has 16 heavy (non-hydrogen) atoms. The predicted octanol–water partition coefficient (Wildman–Crippen LogP) is 2.17. The van der Waals surface area contributed by atoms with Gasteiger partial charge in [-0.25, -0.2) is 12.7 Å². The summed E-state index contributed by atoms with van der Waals surface area (Å²) >= 11 is 0. The molecule has 0 unspecified atom stereocenters. The van der Waals surface area contributed by atoms with Gasteiger partial charge in [0.25, 0.3) is 0 Å². The van der Waals surface area contributed by atoms with Gasteiger partial charge in [-0.2, -0.15) is 0 Å². The molecule has 0 N–H and O–H groups in total. The van der Waals surface area contributed by atoms with Crippen LogP contribution in [0.15, 0.2) is 24.3 Å². The summed E-state index contributed by atoms with van der Waals surface area (Å²) in [5, 5.41) is 0. The summed E-state index contributed by atoms with van der Waals surface area (Å²) in [6.07, 6.45) is 0.653. The van der Waals surface area contributed by atoms with Crippen molar-refractivity contribution in [3.05, 3.63) is 35.4 Å². The summed E-state index contributed by atoms with van der Waals surface area (Å²) in [7, 11) is -1.46. The van der Waals surface area contributed by atoms with Crippen LogP contribution in [-0.2, 0) is 16.6 Å². The number of sulfonamides is 1. The first-order chi connectivity index (χ1) is 7.45. The van der Waals surface area contributed by atoms with Crippen LogP contribution in [-0.4, -0.2) is 25.5 Å². The second kappa shape index (κ2) is 5.46. The quantitative estimate of drug-likeness (QED) is 0.792. The van der Waals surface area contributed by atoms with Crippen molar-refractivity contribution in [2.24, 2.45) is 0 Å². The molecule has 1 aromatic rings. The van der Waals surface area contributed by atoms with Crippen LogP contribution >= 0.6 is 0 Å². The Labute approximate surface area is 98.1 Å². The molecule has 0 radical (unpaired) electrons. The van der Waals surface area contributed by atoms with E-state index in [1.165, 1.54) is 9.87 Å². The van der Waals surface area contributed by atoms with Gasteiger partial charge < -0.3 is 0 Å². The van der Waals surface area contributed by atoms with Crippen molar-refractivity contribution in [1.29, 1.82) is 0 Å². The number of benzene rings is 1. The molecule has 0 saturated carbocycles. The van der Waals surface area contributed by atoms with Gasteiger partial charge in [0.1, 0.15) is 0 Å². The Hall–Kier alpha value is -0.870. The van der Waals surface area contributed by atoms with Crippen molar-refractivity contribution in [1.82, 2.24) is 4.31 Å². The van der Waals surface area contributed by atoms with E-state index in [0.717, 1.165) is 5.56 Å². The molecule has 0 fully saturated rings. The van der Waals surface area contributed by atoms with E-state index in [2.05, 4.69) is 0 Å². The molecule has 0 atom stereocenters. The third-order valence-electron chi connectivity index (χ3n) is 2.46. The molecule has 0 spiro atoms. The summed E-state index contributed by atoms with van der Waals surface area (Å²) in [6.45, 7) is 4.33. The van der Waals surface area contributed by atoms with Crippen LogP contribution in [0, 0.1) is 6.92 Å². The molecule has 3 nitrogen and oxygen atoms in total. The van der Waals surface area contributed by atoms with Gasteiger partial charge in [-0.15, -0.1) is 0 Å². The van der Waals surface area contributed by atoms with Crippen molar-refractivity contribution in [2.75, 3.05) is 12.8 Å². The summed E-state index contributed by atoms with van der Waals surface area (Å²) in [5.74, 6) is 0.218. The molecular formula is C12H19NO2S. The van der Waals surface area contributed by atoms with Gasteiger partial charge in [-0.1, -0.05) is 36.8 Å². The highest BCUT2D eigenvalue weighted by Crippen LogP contribution is 2.09. The summed E-state index contributed by atoms with van der Waals surface area (Å²) in [5.41, 5.74) is 2.20. The van der Waals surface area contributed by atoms with Crippen LogP contribution in [0.2, 0.25) is 0 Å². The Balaban J connectivity index is 2.71. The van der Waals surface area contributed by atoms with Crippen molar-refractivity contribution in [2.45, 2.75) is 26.8 Å². The molecule has 0 amide bonds. The Morgan fingerprint density at radius 1 is 1.19 bits per heavy atom. The largest absolute Gasteiger partial charge is 0.214 e. The van der Waals surface area contributed by atoms with Crippen LogP contribution in [0.25, 0.3) is 0 Å². The molecule has 4 heteroatoms. The first kappa shape index (κ1) is 13.2. The second-order valence-corrected chi connectivity index (χ2v) is 6.25. The average molecular weight is 241 g/mol. The molecule has 90 valence electrons. The van der Waals surface area contributed by atoms with Crippen molar-refractivity contribution < 1.29 is 8.42 Å². The van der Waals surface area contributed by atoms with Gasteiger partial charge >= 0.3 is 0 Å². The lowest BCUT2D eigenvalue weighted by molar-refractivity contribution is 0.466. The topological polar surface area (TPSA) is 37.4 Å². The van der Waals surface area contributed by atoms with Crippen LogP contribution in [0.3, 0.4) is 0 Å². The number of hydrogen-bond donors (Lipinski definition) is 0. The maximum atomic E-state index is 11.7. The Morgan fingerprint density at radius 3 is 2.25 bits per heavy atom. The normalized spacial score (nSPS) is 12.0. The minimum Gasteiger partial charge on any atom is -0.212 e. The summed E-state index contributed by atoms with van der Waals surface area (Å²) < 4.78 is 24.9. The Bertz CT molecular complexity index is 423. The van der Waals surface area contributed by atoms with Gasteiger partial charge in [0.15, 0.2) is 0 Å². The van der Waals surface area contributed by atoms with Gasteiger partial charge in [0.05, 0.1) is 5.75 Å². The molecular weight excluding hydrogens is 222 g/mol. The first-order valence-electron chi connectivity index (χ1n) is 5.45. The average Bonchev–Trinajstić information content (AvgIpc) is 2.21. The zero-order valence-electron chi connectivity index (χ0n) is 10.1. The van der Waals surface area contributed by atoms with Crippen molar-refractivity contribution in [3.8, 4) is 0 Å². The minimum absolute atomic E-state index is 0.218. The van der Waals surface area contributed by atoms with E-state index in [-0.39, 0.29) is 5.75 Å². The van der Waals surface area contributed by atoms with E-state index in [1.54, 1.807) is 7.05 Å². The SMILES string of the molecule is CCCS(=O)(=O)N(C)Cc1ccc(C)cc1. The third-order valence-corrected chi connectivity index (χ3v) is 4.47. The van der Waals surface area contributed by atoms with E-state index in [0.29, 0.717) is 13.0 Å². The fourth-order valence-corrected chi connectivity index (χ4v) is 2.64. The number of hydrogen-bond acceptors (Lipinski definition) is 2. The summed E-state index contributed by atoms with van der Waals surface area (Å²) in [4.78, 5) is 0. The predicted molar refractivity (Wildman–Crippen MR) is 66.7 cm³/mol. The van der Waals surface area contributed by atoms with Crippen LogP contribution < -0.4 is 0 Å². The number of nitrogens with zero attached hydrogens (tertiary/aromatic N) is 1. The molecule has 0 saturated heterocycles. The highest BCUT2D eigenvalue weighted by molar-refractivity contribution is 7.89. The lowest BCUT2D eigenvalue weighted by atomic mass is 10.1. The highest BCUT2D eigenvalue weighted by Gasteiger charge is 2.16. The highest BCUT2D eigenvalue weighted by atomic mass is 32.2. The molecule has 0 aliphatic heterocycles. The summed E-state index contributed by atoms with van der Waals surface area (Å²) in [6, 6.07) is 7.92. The zero-order chi connectivity index (χ0) is 12.2.